The van der Waals surface area contributed by atoms with E-state index in [2.05, 4.69) is 15.5 Å². The van der Waals surface area contributed by atoms with Crippen LogP contribution in [0.15, 0.2) is 48.5 Å². The molecule has 0 radical (unpaired) electrons. The number of nitrogens with zero attached hydrogens (tertiary/aromatic N) is 2. The molecule has 0 aliphatic carbocycles. The van der Waals surface area contributed by atoms with Crippen molar-refractivity contribution in [3.8, 4) is 5.75 Å². The van der Waals surface area contributed by atoms with Crippen LogP contribution in [0.5, 0.6) is 5.75 Å². The van der Waals surface area contributed by atoms with Gasteiger partial charge in [-0.05, 0) is 43.3 Å². The maximum Gasteiger partial charge on any atom is 0.321 e. The van der Waals surface area contributed by atoms with Gasteiger partial charge in [0.1, 0.15) is 11.4 Å². The average Bonchev–Trinajstić information content (AvgIpc) is 2.74. The SMILES string of the molecule is CCOc1ccc(NC(=O)N2CCC3(CC2)NC(=O)c2ccccc2N3C)cc1. The fourth-order valence-electron chi connectivity index (χ4n) is 4.10. The topological polar surface area (TPSA) is 73.9 Å². The van der Waals surface area contributed by atoms with Gasteiger partial charge in [0.15, 0.2) is 0 Å². The number of para-hydroxylation sites is 1. The molecule has 2 N–H and O–H groups in total. The molecule has 2 aliphatic heterocycles. The normalized spacial score (nSPS) is 17.5. The van der Waals surface area contributed by atoms with Crippen LogP contribution in [0.25, 0.3) is 0 Å². The molecule has 0 aromatic heterocycles. The van der Waals surface area contributed by atoms with Gasteiger partial charge in [-0.25, -0.2) is 4.79 Å². The molecule has 2 aromatic carbocycles. The standard InChI is InChI=1S/C22H26N4O3/c1-3-29-17-10-8-16(9-11-17)23-21(28)26-14-12-22(13-15-26)24-20(27)18-6-4-5-7-19(18)25(22)2/h4-11H,3,12-15H2,1-2H3,(H,23,28)(H,24,27). The van der Waals surface area contributed by atoms with E-state index < -0.39 is 5.66 Å². The zero-order valence-corrected chi connectivity index (χ0v) is 16.8. The number of piperidine rings is 1. The summed E-state index contributed by atoms with van der Waals surface area (Å²) in [5.41, 5.74) is 1.90. The highest BCUT2D eigenvalue weighted by molar-refractivity contribution is 6.02. The van der Waals surface area contributed by atoms with Crippen LogP contribution in [0.1, 0.15) is 30.1 Å². The Bertz CT molecular complexity index is 905. The predicted molar refractivity (Wildman–Crippen MR) is 112 cm³/mol. The summed E-state index contributed by atoms with van der Waals surface area (Å²) >= 11 is 0. The van der Waals surface area contributed by atoms with Crippen molar-refractivity contribution in [1.82, 2.24) is 10.2 Å². The highest BCUT2D eigenvalue weighted by Gasteiger charge is 2.44. The first-order valence-corrected chi connectivity index (χ1v) is 9.96. The largest absolute Gasteiger partial charge is 0.494 e. The van der Waals surface area contributed by atoms with Gasteiger partial charge >= 0.3 is 6.03 Å². The quantitative estimate of drug-likeness (QED) is 0.838. The van der Waals surface area contributed by atoms with Crippen LogP contribution in [0.2, 0.25) is 0 Å². The number of urea groups is 1. The van der Waals surface area contributed by atoms with E-state index in [-0.39, 0.29) is 11.9 Å². The molecule has 2 aromatic rings. The Hall–Kier alpha value is -3.22. The van der Waals surface area contributed by atoms with Crippen LogP contribution < -0.4 is 20.3 Å². The molecular formula is C22H26N4O3. The van der Waals surface area contributed by atoms with Crippen LogP contribution in [-0.4, -0.2) is 49.2 Å². The molecule has 1 fully saturated rings. The Morgan fingerprint density at radius 3 is 2.52 bits per heavy atom. The summed E-state index contributed by atoms with van der Waals surface area (Å²) in [5, 5.41) is 6.12. The van der Waals surface area contributed by atoms with Gasteiger partial charge in [0, 0.05) is 38.7 Å². The summed E-state index contributed by atoms with van der Waals surface area (Å²) in [6, 6.07) is 14.9. The van der Waals surface area contributed by atoms with E-state index in [1.54, 1.807) is 4.90 Å². The lowest BCUT2D eigenvalue weighted by Gasteiger charge is -2.51. The van der Waals surface area contributed by atoms with Crippen molar-refractivity contribution in [2.75, 3.05) is 37.0 Å². The molecular weight excluding hydrogens is 368 g/mol. The molecule has 7 heteroatoms. The zero-order valence-electron chi connectivity index (χ0n) is 16.8. The Kier molecular flexibility index (Phi) is 5.05. The molecule has 7 nitrogen and oxygen atoms in total. The summed E-state index contributed by atoms with van der Waals surface area (Å²) in [7, 11) is 2.01. The molecule has 2 heterocycles. The summed E-state index contributed by atoms with van der Waals surface area (Å²) in [6.07, 6.45) is 1.33. The second-order valence-corrected chi connectivity index (χ2v) is 7.44. The van der Waals surface area contributed by atoms with Crippen molar-refractivity contribution >= 4 is 23.3 Å². The van der Waals surface area contributed by atoms with Gasteiger partial charge in [-0.3, -0.25) is 4.79 Å². The zero-order chi connectivity index (χ0) is 20.4. The first-order valence-electron chi connectivity index (χ1n) is 9.96. The number of fused-ring (bicyclic) bond motifs is 1. The molecule has 0 unspecified atom stereocenters. The third-order valence-corrected chi connectivity index (χ3v) is 5.79. The van der Waals surface area contributed by atoms with Crippen molar-refractivity contribution in [3.05, 3.63) is 54.1 Å². The van der Waals surface area contributed by atoms with E-state index in [0.717, 1.165) is 17.1 Å². The predicted octanol–water partition coefficient (Wildman–Crippen LogP) is 3.29. The molecule has 0 bridgehead atoms. The summed E-state index contributed by atoms with van der Waals surface area (Å²) in [6.45, 7) is 3.67. The summed E-state index contributed by atoms with van der Waals surface area (Å²) in [5.74, 6) is 0.729. The monoisotopic (exact) mass is 394 g/mol. The minimum absolute atomic E-state index is 0.0500. The van der Waals surface area contributed by atoms with E-state index in [9.17, 15) is 9.59 Å². The fourth-order valence-corrected chi connectivity index (χ4v) is 4.10. The number of nitrogens with one attached hydrogen (secondary N) is 2. The number of benzene rings is 2. The van der Waals surface area contributed by atoms with E-state index >= 15 is 0 Å². The first kappa shape index (κ1) is 19.1. The van der Waals surface area contributed by atoms with E-state index in [0.29, 0.717) is 38.1 Å². The van der Waals surface area contributed by atoms with Gasteiger partial charge in [0.2, 0.25) is 0 Å². The van der Waals surface area contributed by atoms with Crippen LogP contribution in [0.4, 0.5) is 16.2 Å². The molecule has 3 amide bonds. The summed E-state index contributed by atoms with van der Waals surface area (Å²) < 4.78 is 5.43. The number of amides is 3. The number of likely N-dealkylation sites (tertiary alicyclic amines) is 1. The van der Waals surface area contributed by atoms with Crippen molar-refractivity contribution in [2.24, 2.45) is 0 Å². The number of hydrogen-bond donors (Lipinski definition) is 2. The van der Waals surface area contributed by atoms with Gasteiger partial charge in [-0.2, -0.15) is 0 Å². The summed E-state index contributed by atoms with van der Waals surface area (Å²) in [4.78, 5) is 29.2. The Balaban J connectivity index is 1.40. The van der Waals surface area contributed by atoms with Crippen LogP contribution >= 0.6 is 0 Å². The molecule has 1 saturated heterocycles. The number of ether oxygens (including phenoxy) is 1. The van der Waals surface area contributed by atoms with E-state index in [1.807, 2.05) is 62.5 Å². The fraction of sp³-hybridized carbons (Fsp3) is 0.364. The second-order valence-electron chi connectivity index (χ2n) is 7.44. The maximum absolute atomic E-state index is 12.7. The molecule has 4 rings (SSSR count). The minimum atomic E-state index is -0.457. The Morgan fingerprint density at radius 1 is 1.14 bits per heavy atom. The van der Waals surface area contributed by atoms with Gasteiger partial charge in [0.25, 0.3) is 5.91 Å². The lowest BCUT2D eigenvalue weighted by atomic mass is 9.90. The van der Waals surface area contributed by atoms with Crippen molar-refractivity contribution in [1.29, 1.82) is 0 Å². The number of rotatable bonds is 3. The Morgan fingerprint density at radius 2 is 1.83 bits per heavy atom. The number of hydrogen-bond acceptors (Lipinski definition) is 4. The van der Waals surface area contributed by atoms with Crippen LogP contribution in [0.3, 0.4) is 0 Å². The highest BCUT2D eigenvalue weighted by Crippen LogP contribution is 2.36. The van der Waals surface area contributed by atoms with E-state index in [4.69, 9.17) is 4.74 Å². The third kappa shape index (κ3) is 3.60. The van der Waals surface area contributed by atoms with Crippen LogP contribution in [-0.2, 0) is 0 Å². The van der Waals surface area contributed by atoms with Crippen molar-refractivity contribution < 1.29 is 14.3 Å². The van der Waals surface area contributed by atoms with Crippen molar-refractivity contribution in [3.63, 3.8) is 0 Å². The number of carbonyl (C=O) groups is 2. The smallest absolute Gasteiger partial charge is 0.321 e. The molecule has 29 heavy (non-hydrogen) atoms. The van der Waals surface area contributed by atoms with Gasteiger partial charge < -0.3 is 25.2 Å². The second kappa shape index (κ2) is 7.66. The van der Waals surface area contributed by atoms with E-state index in [1.165, 1.54) is 0 Å². The minimum Gasteiger partial charge on any atom is -0.494 e. The molecule has 1 spiro atoms. The lowest BCUT2D eigenvalue weighted by molar-refractivity contribution is 0.0815. The maximum atomic E-state index is 12.7. The molecule has 152 valence electrons. The molecule has 0 saturated carbocycles. The number of anilines is 2. The molecule has 2 aliphatic rings. The molecule has 0 atom stereocenters. The highest BCUT2D eigenvalue weighted by atomic mass is 16.5. The van der Waals surface area contributed by atoms with Gasteiger partial charge in [0.05, 0.1) is 17.9 Å². The lowest BCUT2D eigenvalue weighted by Crippen LogP contribution is -2.67. The van der Waals surface area contributed by atoms with Crippen molar-refractivity contribution in [2.45, 2.75) is 25.4 Å². The Labute approximate surface area is 170 Å². The third-order valence-electron chi connectivity index (χ3n) is 5.79. The van der Waals surface area contributed by atoms with Crippen LogP contribution in [0, 0.1) is 0 Å². The van der Waals surface area contributed by atoms with Gasteiger partial charge in [-0.1, -0.05) is 12.1 Å². The number of carbonyl (C=O) groups excluding carboxylic acids is 2. The first-order chi connectivity index (χ1) is 14.0. The van der Waals surface area contributed by atoms with Gasteiger partial charge in [-0.15, -0.1) is 0 Å². The average molecular weight is 394 g/mol.